The molecule has 0 aromatic carbocycles. The summed E-state index contributed by atoms with van der Waals surface area (Å²) in [6, 6.07) is 0. The number of hydrogen-bond acceptors (Lipinski definition) is 2. The Balaban J connectivity index is 2.22. The minimum atomic E-state index is 0.691. The average molecular weight is 252 g/mol. The molecule has 14 heavy (non-hydrogen) atoms. The molecule has 1 aliphatic rings. The van der Waals surface area contributed by atoms with Crippen LogP contribution in [0.1, 0.15) is 30.1 Å². The maximum atomic E-state index is 4.51. The lowest BCUT2D eigenvalue weighted by Crippen LogP contribution is -1.91. The zero-order valence-corrected chi connectivity index (χ0v) is 9.45. The van der Waals surface area contributed by atoms with Gasteiger partial charge in [0.25, 0.3) is 0 Å². The summed E-state index contributed by atoms with van der Waals surface area (Å²) in [6.07, 6.45) is 6.68. The van der Waals surface area contributed by atoms with Gasteiger partial charge >= 0.3 is 0 Å². The first-order valence-corrected chi connectivity index (χ1v) is 5.55. The van der Waals surface area contributed by atoms with Crippen LogP contribution in [0.2, 0.25) is 0 Å². The molecule has 2 heterocycles. The van der Waals surface area contributed by atoms with Crippen LogP contribution in [0.5, 0.6) is 0 Å². The van der Waals surface area contributed by atoms with E-state index in [0.717, 1.165) is 15.9 Å². The van der Waals surface area contributed by atoms with Gasteiger partial charge in [-0.05, 0) is 35.7 Å². The lowest BCUT2D eigenvalue weighted by Gasteiger charge is -1.96. The van der Waals surface area contributed by atoms with Crippen LogP contribution in [0.3, 0.4) is 0 Å². The Bertz CT molecular complexity index is 460. The van der Waals surface area contributed by atoms with Gasteiger partial charge in [0, 0.05) is 18.3 Å². The molecular formula is C10H10BrN3. The van der Waals surface area contributed by atoms with Gasteiger partial charge in [-0.1, -0.05) is 0 Å². The second-order valence-electron chi connectivity index (χ2n) is 3.82. The van der Waals surface area contributed by atoms with Crippen LogP contribution in [0.4, 0.5) is 0 Å². The molecule has 1 fully saturated rings. The molecule has 0 N–H and O–H groups in total. The Morgan fingerprint density at radius 3 is 2.86 bits per heavy atom. The maximum absolute atomic E-state index is 4.51. The molecule has 2 aromatic rings. The van der Waals surface area contributed by atoms with Gasteiger partial charge < -0.3 is 0 Å². The number of rotatable bonds is 1. The van der Waals surface area contributed by atoms with Crippen molar-refractivity contribution < 1.29 is 0 Å². The van der Waals surface area contributed by atoms with Crippen molar-refractivity contribution in [3.8, 4) is 0 Å². The number of aryl methyl sites for hydroxylation is 1. The van der Waals surface area contributed by atoms with E-state index in [0.29, 0.717) is 5.92 Å². The summed E-state index contributed by atoms with van der Waals surface area (Å²) in [5.41, 5.74) is 2.18. The summed E-state index contributed by atoms with van der Waals surface area (Å²) in [7, 11) is 0. The van der Waals surface area contributed by atoms with Gasteiger partial charge in [-0.2, -0.15) is 0 Å². The standard InChI is InChI=1S/C10H10BrN3/c1-6-8(11)4-14-5-9(7-2-3-7)13-10(14)12-6/h4-5,7H,2-3H2,1H3. The SMILES string of the molecule is Cc1nc2nc(C3CC3)cn2cc1Br. The van der Waals surface area contributed by atoms with Crippen LogP contribution in [-0.2, 0) is 0 Å². The Morgan fingerprint density at radius 1 is 1.36 bits per heavy atom. The minimum Gasteiger partial charge on any atom is -0.290 e. The topological polar surface area (TPSA) is 30.2 Å². The first kappa shape index (κ1) is 8.41. The van der Waals surface area contributed by atoms with E-state index in [-0.39, 0.29) is 0 Å². The van der Waals surface area contributed by atoms with Crippen molar-refractivity contribution in [2.45, 2.75) is 25.7 Å². The van der Waals surface area contributed by atoms with Gasteiger partial charge in [0.2, 0.25) is 5.78 Å². The van der Waals surface area contributed by atoms with Gasteiger partial charge in [-0.3, -0.25) is 4.40 Å². The van der Waals surface area contributed by atoms with Crippen molar-refractivity contribution in [2.75, 3.05) is 0 Å². The second kappa shape index (κ2) is 2.79. The highest BCUT2D eigenvalue weighted by molar-refractivity contribution is 9.10. The van der Waals surface area contributed by atoms with Crippen molar-refractivity contribution in [1.29, 1.82) is 0 Å². The predicted octanol–water partition coefficient (Wildman–Crippen LogP) is 2.68. The van der Waals surface area contributed by atoms with E-state index in [2.05, 4.69) is 32.1 Å². The first-order chi connectivity index (χ1) is 6.74. The van der Waals surface area contributed by atoms with Crippen molar-refractivity contribution in [3.63, 3.8) is 0 Å². The van der Waals surface area contributed by atoms with E-state index in [4.69, 9.17) is 0 Å². The number of fused-ring (bicyclic) bond motifs is 1. The van der Waals surface area contributed by atoms with E-state index in [9.17, 15) is 0 Å². The monoisotopic (exact) mass is 251 g/mol. The molecule has 3 nitrogen and oxygen atoms in total. The van der Waals surface area contributed by atoms with Crippen LogP contribution in [0.25, 0.3) is 5.78 Å². The quantitative estimate of drug-likeness (QED) is 0.781. The third-order valence-electron chi connectivity index (χ3n) is 2.59. The lowest BCUT2D eigenvalue weighted by atomic mass is 10.3. The summed E-state index contributed by atoms with van der Waals surface area (Å²) in [4.78, 5) is 8.92. The third-order valence-corrected chi connectivity index (χ3v) is 3.37. The molecule has 1 saturated carbocycles. The molecular weight excluding hydrogens is 242 g/mol. The van der Waals surface area contributed by atoms with Crippen LogP contribution in [-0.4, -0.2) is 14.4 Å². The highest BCUT2D eigenvalue weighted by Crippen LogP contribution is 2.39. The van der Waals surface area contributed by atoms with Crippen molar-refractivity contribution >= 4 is 21.7 Å². The molecule has 0 spiro atoms. The fourth-order valence-corrected chi connectivity index (χ4v) is 1.88. The summed E-state index contributed by atoms with van der Waals surface area (Å²) in [6.45, 7) is 1.98. The van der Waals surface area contributed by atoms with Crippen LogP contribution >= 0.6 is 15.9 Å². The molecule has 1 aliphatic carbocycles. The molecule has 3 rings (SSSR count). The maximum Gasteiger partial charge on any atom is 0.234 e. The van der Waals surface area contributed by atoms with Gasteiger partial charge in [0.1, 0.15) is 0 Å². The molecule has 0 atom stereocenters. The summed E-state index contributed by atoms with van der Waals surface area (Å²) >= 11 is 3.47. The molecule has 0 aliphatic heterocycles. The van der Waals surface area contributed by atoms with Gasteiger partial charge in [-0.15, -0.1) is 0 Å². The Morgan fingerprint density at radius 2 is 2.14 bits per heavy atom. The van der Waals surface area contributed by atoms with Crippen LogP contribution in [0, 0.1) is 6.92 Å². The highest BCUT2D eigenvalue weighted by atomic mass is 79.9. The Kier molecular flexibility index (Phi) is 1.68. The first-order valence-electron chi connectivity index (χ1n) is 4.76. The fraction of sp³-hybridized carbons (Fsp3) is 0.400. The van der Waals surface area contributed by atoms with Crippen molar-refractivity contribution in [3.05, 3.63) is 28.3 Å². The minimum absolute atomic E-state index is 0.691. The van der Waals surface area contributed by atoms with E-state index in [1.807, 2.05) is 17.5 Å². The number of halogens is 1. The fourth-order valence-electron chi connectivity index (χ4n) is 1.57. The lowest BCUT2D eigenvalue weighted by molar-refractivity contribution is 1.05. The van der Waals surface area contributed by atoms with E-state index < -0.39 is 0 Å². The summed E-state index contributed by atoms with van der Waals surface area (Å²) in [5, 5.41) is 0. The number of imidazole rings is 1. The Hall–Kier alpha value is -0.900. The molecule has 0 saturated heterocycles. The third kappa shape index (κ3) is 1.25. The number of nitrogens with zero attached hydrogens (tertiary/aromatic N) is 3. The Labute approximate surface area is 90.3 Å². The molecule has 0 bridgehead atoms. The number of aromatic nitrogens is 3. The normalized spacial score (nSPS) is 16.4. The molecule has 0 radical (unpaired) electrons. The van der Waals surface area contributed by atoms with Crippen molar-refractivity contribution in [1.82, 2.24) is 14.4 Å². The van der Waals surface area contributed by atoms with Gasteiger partial charge in [0.05, 0.1) is 15.9 Å². The number of hydrogen-bond donors (Lipinski definition) is 0. The highest BCUT2D eigenvalue weighted by Gasteiger charge is 2.26. The smallest absolute Gasteiger partial charge is 0.234 e. The summed E-state index contributed by atoms with van der Waals surface area (Å²) < 4.78 is 3.02. The van der Waals surface area contributed by atoms with Crippen LogP contribution < -0.4 is 0 Å². The largest absolute Gasteiger partial charge is 0.290 e. The molecule has 0 amide bonds. The molecule has 4 heteroatoms. The van der Waals surface area contributed by atoms with Gasteiger partial charge in [-0.25, -0.2) is 9.97 Å². The second-order valence-corrected chi connectivity index (χ2v) is 4.68. The van der Waals surface area contributed by atoms with E-state index in [1.165, 1.54) is 18.5 Å². The van der Waals surface area contributed by atoms with Crippen molar-refractivity contribution in [2.24, 2.45) is 0 Å². The summed E-state index contributed by atoms with van der Waals surface area (Å²) in [5.74, 6) is 1.50. The molecule has 2 aromatic heterocycles. The van der Waals surface area contributed by atoms with Gasteiger partial charge in [0.15, 0.2) is 0 Å². The predicted molar refractivity (Wildman–Crippen MR) is 57.4 cm³/mol. The molecule has 0 unspecified atom stereocenters. The zero-order chi connectivity index (χ0) is 9.71. The van der Waals surface area contributed by atoms with E-state index >= 15 is 0 Å². The van der Waals surface area contributed by atoms with Crippen LogP contribution in [0.15, 0.2) is 16.9 Å². The average Bonchev–Trinajstić information content (AvgIpc) is 2.90. The zero-order valence-electron chi connectivity index (χ0n) is 7.87. The van der Waals surface area contributed by atoms with E-state index in [1.54, 1.807) is 0 Å². The molecule has 72 valence electrons.